The number of nitro groups is 1. The number of hydrogen-bond acceptors (Lipinski definition) is 4. The fraction of sp³-hybridized carbons (Fsp3) is 0.533. The van der Waals surface area contributed by atoms with Crippen LogP contribution < -0.4 is 0 Å². The van der Waals surface area contributed by atoms with E-state index in [4.69, 9.17) is 4.74 Å². The molecule has 1 saturated carbocycles. The van der Waals surface area contributed by atoms with Gasteiger partial charge in [0.2, 0.25) is 0 Å². The van der Waals surface area contributed by atoms with E-state index in [1.54, 1.807) is 6.07 Å². The van der Waals surface area contributed by atoms with Crippen molar-refractivity contribution in [3.05, 3.63) is 37.4 Å². The number of rotatable bonds is 4. The molecule has 1 fully saturated rings. The van der Waals surface area contributed by atoms with Crippen LogP contribution >= 0.6 is 22.6 Å². The maximum atomic E-state index is 12.3. The topological polar surface area (TPSA) is 69.4 Å². The van der Waals surface area contributed by atoms with Gasteiger partial charge in [0.05, 0.1) is 10.5 Å². The molecule has 1 aliphatic rings. The smallest absolute Gasteiger partial charge is 0.339 e. The minimum absolute atomic E-state index is 0.0636. The van der Waals surface area contributed by atoms with Crippen LogP contribution in [0.3, 0.4) is 0 Å². The summed E-state index contributed by atoms with van der Waals surface area (Å²) in [6.45, 7) is 2.15. The zero-order chi connectivity index (χ0) is 15.4. The lowest BCUT2D eigenvalue weighted by molar-refractivity contribution is -0.384. The van der Waals surface area contributed by atoms with Crippen LogP contribution in [0, 0.1) is 19.6 Å². The Morgan fingerprint density at radius 3 is 2.90 bits per heavy atom. The van der Waals surface area contributed by atoms with Gasteiger partial charge in [-0.2, -0.15) is 0 Å². The Kier molecular flexibility index (Phi) is 5.55. The highest BCUT2D eigenvalue weighted by atomic mass is 127. The van der Waals surface area contributed by atoms with Gasteiger partial charge in [-0.15, -0.1) is 0 Å². The van der Waals surface area contributed by atoms with Crippen LogP contribution in [-0.4, -0.2) is 17.0 Å². The predicted molar refractivity (Wildman–Crippen MR) is 87.3 cm³/mol. The minimum Gasteiger partial charge on any atom is -0.459 e. The average Bonchev–Trinajstić information content (AvgIpc) is 2.47. The van der Waals surface area contributed by atoms with Gasteiger partial charge in [-0.25, -0.2) is 4.79 Å². The van der Waals surface area contributed by atoms with Crippen molar-refractivity contribution in [3.8, 4) is 0 Å². The first kappa shape index (κ1) is 16.2. The van der Waals surface area contributed by atoms with E-state index >= 15 is 0 Å². The fourth-order valence-electron chi connectivity index (χ4n) is 2.72. The number of halogens is 1. The van der Waals surface area contributed by atoms with Crippen LogP contribution in [0.1, 0.15) is 49.4 Å². The van der Waals surface area contributed by atoms with Crippen LogP contribution in [-0.2, 0) is 4.74 Å². The summed E-state index contributed by atoms with van der Waals surface area (Å²) in [6.07, 6.45) is 5.08. The van der Waals surface area contributed by atoms with Gasteiger partial charge in [-0.05, 0) is 53.8 Å². The molecule has 0 aliphatic heterocycles. The van der Waals surface area contributed by atoms with E-state index in [0.29, 0.717) is 9.49 Å². The number of ether oxygens (including phenoxy) is 1. The Balaban J connectivity index is 2.09. The molecule has 0 spiro atoms. The second-order valence-electron chi connectivity index (χ2n) is 5.39. The van der Waals surface area contributed by atoms with E-state index in [-0.39, 0.29) is 17.4 Å². The molecule has 0 N–H and O–H groups in total. The molecule has 2 atom stereocenters. The van der Waals surface area contributed by atoms with E-state index in [9.17, 15) is 14.9 Å². The molecule has 1 aromatic rings. The highest BCUT2D eigenvalue weighted by molar-refractivity contribution is 14.1. The largest absolute Gasteiger partial charge is 0.459 e. The van der Waals surface area contributed by atoms with Gasteiger partial charge in [-0.1, -0.05) is 19.8 Å². The summed E-state index contributed by atoms with van der Waals surface area (Å²) in [5.41, 5.74) is 0.195. The molecule has 1 aromatic carbocycles. The lowest BCUT2D eigenvalue weighted by Gasteiger charge is -2.28. The van der Waals surface area contributed by atoms with Gasteiger partial charge in [0, 0.05) is 15.7 Å². The summed E-state index contributed by atoms with van der Waals surface area (Å²) in [7, 11) is 0. The molecule has 6 heteroatoms. The lowest BCUT2D eigenvalue weighted by atomic mass is 9.85. The van der Waals surface area contributed by atoms with Crippen LogP contribution in [0.4, 0.5) is 5.69 Å². The highest BCUT2D eigenvalue weighted by Gasteiger charge is 2.25. The number of benzene rings is 1. The molecule has 0 bridgehead atoms. The summed E-state index contributed by atoms with van der Waals surface area (Å²) in [5, 5.41) is 10.8. The van der Waals surface area contributed by atoms with Gasteiger partial charge < -0.3 is 4.74 Å². The number of nitrogens with zero attached hydrogens (tertiary/aromatic N) is 1. The first-order chi connectivity index (χ1) is 10.0. The van der Waals surface area contributed by atoms with Crippen molar-refractivity contribution in [2.45, 2.75) is 45.1 Å². The monoisotopic (exact) mass is 403 g/mol. The van der Waals surface area contributed by atoms with Crippen molar-refractivity contribution in [1.82, 2.24) is 0 Å². The quantitative estimate of drug-likeness (QED) is 0.325. The number of carbonyl (C=O) groups excluding carboxylic acids is 1. The van der Waals surface area contributed by atoms with Crippen LogP contribution in [0.15, 0.2) is 18.2 Å². The van der Waals surface area contributed by atoms with Crippen molar-refractivity contribution < 1.29 is 14.5 Å². The maximum absolute atomic E-state index is 12.3. The number of nitro benzene ring substituents is 1. The third-order valence-electron chi connectivity index (χ3n) is 3.97. The summed E-state index contributed by atoms with van der Waals surface area (Å²) < 4.78 is 6.23. The van der Waals surface area contributed by atoms with Crippen molar-refractivity contribution in [1.29, 1.82) is 0 Å². The second kappa shape index (κ2) is 7.20. The molecule has 5 nitrogen and oxygen atoms in total. The molecule has 2 unspecified atom stereocenters. The Bertz CT molecular complexity index is 546. The molecular weight excluding hydrogens is 385 g/mol. The van der Waals surface area contributed by atoms with Gasteiger partial charge in [-0.3, -0.25) is 10.1 Å². The summed E-state index contributed by atoms with van der Waals surface area (Å²) >= 11 is 2.00. The molecule has 0 heterocycles. The average molecular weight is 403 g/mol. The number of carbonyl (C=O) groups is 1. The van der Waals surface area contributed by atoms with Crippen molar-refractivity contribution in [2.24, 2.45) is 5.92 Å². The van der Waals surface area contributed by atoms with Crippen molar-refractivity contribution in [3.63, 3.8) is 0 Å². The zero-order valence-electron chi connectivity index (χ0n) is 11.9. The first-order valence-corrected chi connectivity index (χ1v) is 8.24. The Morgan fingerprint density at radius 2 is 2.24 bits per heavy atom. The number of hydrogen-bond donors (Lipinski definition) is 0. The van der Waals surface area contributed by atoms with Crippen LogP contribution in [0.2, 0.25) is 0 Å². The van der Waals surface area contributed by atoms with Gasteiger partial charge in [0.15, 0.2) is 0 Å². The van der Waals surface area contributed by atoms with Crippen molar-refractivity contribution >= 4 is 34.2 Å². The molecule has 0 saturated heterocycles. The normalized spacial score (nSPS) is 21.8. The van der Waals surface area contributed by atoms with Gasteiger partial charge in [0.1, 0.15) is 6.10 Å². The fourth-order valence-corrected chi connectivity index (χ4v) is 3.27. The Hall–Kier alpha value is -1.18. The highest BCUT2D eigenvalue weighted by Crippen LogP contribution is 2.29. The molecule has 0 amide bonds. The molecular formula is C15H18INO4. The number of esters is 1. The molecule has 1 aliphatic carbocycles. The summed E-state index contributed by atoms with van der Waals surface area (Å²) in [6, 6.07) is 4.27. The van der Waals surface area contributed by atoms with Crippen LogP contribution in [0.25, 0.3) is 0 Å². The SMILES string of the molecule is CCC1CCCC(OC(=O)c2cc([N+](=O)[O-])ccc2I)C1. The van der Waals surface area contributed by atoms with Crippen LogP contribution in [0.5, 0.6) is 0 Å². The van der Waals surface area contributed by atoms with E-state index < -0.39 is 10.9 Å². The molecule has 21 heavy (non-hydrogen) atoms. The third-order valence-corrected chi connectivity index (χ3v) is 4.91. The molecule has 0 aromatic heterocycles. The predicted octanol–water partition coefficient (Wildman–Crippen LogP) is 4.33. The minimum atomic E-state index is -0.499. The Labute approximate surface area is 137 Å². The van der Waals surface area contributed by atoms with Crippen molar-refractivity contribution in [2.75, 3.05) is 0 Å². The molecule has 2 rings (SSSR count). The van der Waals surface area contributed by atoms with E-state index in [2.05, 4.69) is 6.92 Å². The van der Waals surface area contributed by atoms with E-state index in [1.165, 1.54) is 18.6 Å². The second-order valence-corrected chi connectivity index (χ2v) is 6.55. The lowest BCUT2D eigenvalue weighted by Crippen LogP contribution is -2.25. The molecule has 114 valence electrons. The number of non-ortho nitro benzene ring substituents is 1. The third kappa shape index (κ3) is 4.15. The van der Waals surface area contributed by atoms with Gasteiger partial charge in [0.25, 0.3) is 5.69 Å². The molecule has 0 radical (unpaired) electrons. The Morgan fingerprint density at radius 1 is 1.48 bits per heavy atom. The standard InChI is InChI=1S/C15H18INO4/c1-2-10-4-3-5-12(8-10)21-15(18)13-9-11(17(19)20)6-7-14(13)16/h6-7,9-10,12H,2-5,8H2,1H3. The maximum Gasteiger partial charge on any atom is 0.339 e. The summed E-state index contributed by atoms with van der Waals surface area (Å²) in [5.74, 6) is 0.158. The van der Waals surface area contributed by atoms with E-state index in [1.807, 2.05) is 22.6 Å². The zero-order valence-corrected chi connectivity index (χ0v) is 14.0. The van der Waals surface area contributed by atoms with E-state index in [0.717, 1.165) is 25.7 Å². The first-order valence-electron chi connectivity index (χ1n) is 7.16. The summed E-state index contributed by atoms with van der Waals surface area (Å²) in [4.78, 5) is 22.6. The van der Waals surface area contributed by atoms with Gasteiger partial charge >= 0.3 is 5.97 Å².